The topological polar surface area (TPSA) is 46.6 Å². The van der Waals surface area contributed by atoms with Gasteiger partial charge in [-0.1, -0.05) is 40.7 Å². The molecule has 3 rings (SSSR count). The predicted octanol–water partition coefficient (Wildman–Crippen LogP) is 4.23. The molecule has 0 spiro atoms. The number of ether oxygens (including phenoxy) is 1. The largest absolute Gasteiger partial charge is 0.464 e. The molecule has 1 aliphatic heterocycles. The van der Waals surface area contributed by atoms with E-state index in [1.54, 1.807) is 24.3 Å². The van der Waals surface area contributed by atoms with Gasteiger partial charge in [-0.05, 0) is 35.9 Å². The molecule has 2 aromatic carbocycles. The average molecular weight is 402 g/mol. The maximum absolute atomic E-state index is 13.6. The first-order valence-electron chi connectivity index (χ1n) is 7.32. The number of nitrogens with zero attached hydrogens (tertiary/aromatic N) is 1. The SMILES string of the molecule is C=C1c2ccccc2C(=O)N1/C(=C/c1cc(F)ccc1Br)C(=O)OC. The van der Waals surface area contributed by atoms with Crippen molar-refractivity contribution in [1.29, 1.82) is 0 Å². The first-order chi connectivity index (χ1) is 11.9. The maximum atomic E-state index is 13.6. The number of carbonyl (C=O) groups excluding carboxylic acids is 2. The van der Waals surface area contributed by atoms with Crippen molar-refractivity contribution in [2.24, 2.45) is 0 Å². The van der Waals surface area contributed by atoms with E-state index < -0.39 is 11.8 Å². The van der Waals surface area contributed by atoms with Gasteiger partial charge < -0.3 is 4.74 Å². The van der Waals surface area contributed by atoms with E-state index in [9.17, 15) is 14.0 Å². The van der Waals surface area contributed by atoms with Crippen molar-refractivity contribution in [2.45, 2.75) is 0 Å². The second-order valence-electron chi connectivity index (χ2n) is 5.32. The minimum atomic E-state index is -0.724. The average Bonchev–Trinajstić information content (AvgIpc) is 2.86. The molecule has 1 heterocycles. The van der Waals surface area contributed by atoms with Crippen LogP contribution in [-0.4, -0.2) is 23.9 Å². The number of esters is 1. The van der Waals surface area contributed by atoms with E-state index in [0.717, 1.165) is 0 Å². The monoisotopic (exact) mass is 401 g/mol. The Hall–Kier alpha value is -2.73. The van der Waals surface area contributed by atoms with Gasteiger partial charge in [-0.25, -0.2) is 9.18 Å². The lowest BCUT2D eigenvalue weighted by atomic mass is 10.1. The van der Waals surface area contributed by atoms with Gasteiger partial charge in [0.15, 0.2) is 0 Å². The van der Waals surface area contributed by atoms with E-state index in [0.29, 0.717) is 26.9 Å². The lowest BCUT2D eigenvalue weighted by molar-refractivity contribution is -0.137. The lowest BCUT2D eigenvalue weighted by Crippen LogP contribution is -2.27. The Morgan fingerprint density at radius 2 is 1.92 bits per heavy atom. The summed E-state index contributed by atoms with van der Waals surface area (Å²) in [6, 6.07) is 11.0. The molecule has 1 amide bonds. The number of halogens is 2. The molecule has 2 aromatic rings. The maximum Gasteiger partial charge on any atom is 0.355 e. The minimum Gasteiger partial charge on any atom is -0.464 e. The highest BCUT2D eigenvalue weighted by molar-refractivity contribution is 9.10. The Balaban J connectivity index is 2.14. The molecule has 0 saturated carbocycles. The minimum absolute atomic E-state index is 0.0417. The molecule has 4 nitrogen and oxygen atoms in total. The van der Waals surface area contributed by atoms with Crippen LogP contribution in [0.2, 0.25) is 0 Å². The standard InChI is InChI=1S/C19H13BrFNO3/c1-11-14-5-3-4-6-15(14)18(23)22(11)17(19(24)25-2)10-12-9-13(21)7-8-16(12)20/h3-10H,1H2,2H3/b17-10+. The molecule has 0 atom stereocenters. The summed E-state index contributed by atoms with van der Waals surface area (Å²) >= 11 is 3.31. The number of carbonyl (C=O) groups is 2. The van der Waals surface area contributed by atoms with Crippen LogP contribution in [0.3, 0.4) is 0 Å². The molecule has 0 fully saturated rings. The van der Waals surface area contributed by atoms with Gasteiger partial charge in [0.1, 0.15) is 11.5 Å². The summed E-state index contributed by atoms with van der Waals surface area (Å²) in [6.45, 7) is 3.92. The number of fused-ring (bicyclic) bond motifs is 1. The van der Waals surface area contributed by atoms with E-state index in [1.807, 2.05) is 0 Å². The fraction of sp³-hybridized carbons (Fsp3) is 0.0526. The van der Waals surface area contributed by atoms with Gasteiger partial charge in [0, 0.05) is 15.6 Å². The first kappa shape index (κ1) is 17.1. The number of amides is 1. The zero-order valence-corrected chi connectivity index (χ0v) is 14.8. The van der Waals surface area contributed by atoms with Crippen LogP contribution < -0.4 is 0 Å². The fourth-order valence-electron chi connectivity index (χ4n) is 2.63. The van der Waals surface area contributed by atoms with Crippen LogP contribution >= 0.6 is 15.9 Å². The third-order valence-electron chi connectivity index (χ3n) is 3.83. The highest BCUT2D eigenvalue weighted by Crippen LogP contribution is 2.35. The molecule has 126 valence electrons. The molecule has 0 saturated heterocycles. The molecule has 0 N–H and O–H groups in total. The quantitative estimate of drug-likeness (QED) is 0.571. The Morgan fingerprint density at radius 1 is 1.24 bits per heavy atom. The molecule has 0 bridgehead atoms. The van der Waals surface area contributed by atoms with Crippen LogP contribution in [0.4, 0.5) is 4.39 Å². The van der Waals surface area contributed by atoms with E-state index in [4.69, 9.17) is 4.74 Å². The first-order valence-corrected chi connectivity index (χ1v) is 8.11. The number of hydrogen-bond acceptors (Lipinski definition) is 3. The van der Waals surface area contributed by atoms with E-state index >= 15 is 0 Å². The number of benzene rings is 2. The summed E-state index contributed by atoms with van der Waals surface area (Å²) in [4.78, 5) is 26.2. The number of methoxy groups -OCH3 is 1. The Kier molecular flexibility index (Phi) is 4.55. The van der Waals surface area contributed by atoms with Crippen molar-refractivity contribution in [3.05, 3.63) is 81.7 Å². The van der Waals surface area contributed by atoms with Gasteiger partial charge in [0.2, 0.25) is 0 Å². The summed E-state index contributed by atoms with van der Waals surface area (Å²) in [5, 5.41) is 0. The zero-order chi connectivity index (χ0) is 18.1. The lowest BCUT2D eigenvalue weighted by Gasteiger charge is -2.19. The van der Waals surface area contributed by atoms with Crippen LogP contribution in [0.5, 0.6) is 0 Å². The zero-order valence-electron chi connectivity index (χ0n) is 13.3. The van der Waals surface area contributed by atoms with Crippen molar-refractivity contribution >= 4 is 39.6 Å². The van der Waals surface area contributed by atoms with Crippen LogP contribution in [-0.2, 0) is 9.53 Å². The molecule has 6 heteroatoms. The summed E-state index contributed by atoms with van der Waals surface area (Å²) < 4.78 is 18.9. The Morgan fingerprint density at radius 3 is 2.56 bits per heavy atom. The summed E-state index contributed by atoms with van der Waals surface area (Å²) in [5.74, 6) is -1.57. The second-order valence-corrected chi connectivity index (χ2v) is 6.17. The molecular weight excluding hydrogens is 389 g/mol. The van der Waals surface area contributed by atoms with Crippen molar-refractivity contribution < 1.29 is 18.7 Å². The number of hydrogen-bond donors (Lipinski definition) is 0. The summed E-state index contributed by atoms with van der Waals surface area (Å²) in [7, 11) is 1.22. The van der Waals surface area contributed by atoms with Crippen molar-refractivity contribution in [3.8, 4) is 0 Å². The molecule has 0 aliphatic carbocycles. The van der Waals surface area contributed by atoms with Crippen molar-refractivity contribution in [2.75, 3.05) is 7.11 Å². The fourth-order valence-corrected chi connectivity index (χ4v) is 2.99. The van der Waals surface area contributed by atoms with E-state index in [2.05, 4.69) is 22.5 Å². The Labute approximate surface area is 152 Å². The molecule has 1 aliphatic rings. The smallest absolute Gasteiger partial charge is 0.355 e. The van der Waals surface area contributed by atoms with Gasteiger partial charge in [-0.15, -0.1) is 0 Å². The predicted molar refractivity (Wildman–Crippen MR) is 95.7 cm³/mol. The van der Waals surface area contributed by atoms with E-state index in [1.165, 1.54) is 36.3 Å². The van der Waals surface area contributed by atoms with Crippen LogP contribution in [0, 0.1) is 5.82 Å². The highest BCUT2D eigenvalue weighted by Gasteiger charge is 2.36. The summed E-state index contributed by atoms with van der Waals surface area (Å²) in [5.41, 5.74) is 1.81. The van der Waals surface area contributed by atoms with Crippen LogP contribution in [0.1, 0.15) is 21.5 Å². The molecule has 0 unspecified atom stereocenters. The Bertz CT molecular complexity index is 901. The van der Waals surface area contributed by atoms with Crippen LogP contribution in [0.25, 0.3) is 11.8 Å². The van der Waals surface area contributed by atoms with Crippen molar-refractivity contribution in [3.63, 3.8) is 0 Å². The van der Waals surface area contributed by atoms with Gasteiger partial charge in [-0.3, -0.25) is 9.69 Å². The van der Waals surface area contributed by atoms with E-state index in [-0.39, 0.29) is 11.6 Å². The van der Waals surface area contributed by atoms with Gasteiger partial charge in [0.25, 0.3) is 5.91 Å². The molecule has 25 heavy (non-hydrogen) atoms. The van der Waals surface area contributed by atoms with Crippen LogP contribution in [0.15, 0.2) is 59.2 Å². The summed E-state index contributed by atoms with van der Waals surface area (Å²) in [6.07, 6.45) is 1.40. The molecule has 0 aromatic heterocycles. The van der Waals surface area contributed by atoms with Gasteiger partial charge in [0.05, 0.1) is 12.8 Å². The number of rotatable bonds is 3. The second kappa shape index (κ2) is 6.64. The normalized spacial score (nSPS) is 13.9. The van der Waals surface area contributed by atoms with Gasteiger partial charge in [-0.2, -0.15) is 0 Å². The van der Waals surface area contributed by atoms with Crippen molar-refractivity contribution in [1.82, 2.24) is 4.90 Å². The highest BCUT2D eigenvalue weighted by atomic mass is 79.9. The third-order valence-corrected chi connectivity index (χ3v) is 4.55. The third kappa shape index (κ3) is 3.00. The molecular formula is C19H13BrFNO3. The molecule has 0 radical (unpaired) electrons. The van der Waals surface area contributed by atoms with Gasteiger partial charge >= 0.3 is 5.97 Å².